The van der Waals surface area contributed by atoms with E-state index in [0.717, 1.165) is 16.9 Å². The SMILES string of the molecule is Cc1ccc(C2Nc3cccnc3-c3cccc4[nH]cc2c34)cc1. The number of aromatic nitrogens is 2. The third-order valence-corrected chi connectivity index (χ3v) is 4.82. The van der Waals surface area contributed by atoms with Gasteiger partial charge in [-0.3, -0.25) is 4.98 Å². The normalized spacial score (nSPS) is 15.6. The summed E-state index contributed by atoms with van der Waals surface area (Å²) in [6, 6.07) is 19.3. The van der Waals surface area contributed by atoms with Crippen molar-refractivity contribution in [2.75, 3.05) is 5.32 Å². The molecule has 1 aliphatic rings. The second-order valence-electron chi connectivity index (χ2n) is 6.36. The molecule has 0 radical (unpaired) electrons. The van der Waals surface area contributed by atoms with Crippen LogP contribution < -0.4 is 5.32 Å². The first kappa shape index (κ1) is 13.4. The van der Waals surface area contributed by atoms with Crippen molar-refractivity contribution in [3.05, 3.63) is 83.7 Å². The third-order valence-electron chi connectivity index (χ3n) is 4.82. The molecule has 24 heavy (non-hydrogen) atoms. The van der Waals surface area contributed by atoms with Gasteiger partial charge in [-0.2, -0.15) is 0 Å². The number of hydrogen-bond acceptors (Lipinski definition) is 2. The van der Waals surface area contributed by atoms with E-state index in [0.29, 0.717) is 0 Å². The van der Waals surface area contributed by atoms with Gasteiger partial charge in [-0.25, -0.2) is 0 Å². The van der Waals surface area contributed by atoms with Gasteiger partial charge in [0.05, 0.1) is 17.4 Å². The molecule has 2 aromatic heterocycles. The van der Waals surface area contributed by atoms with Gasteiger partial charge in [-0.05, 0) is 30.7 Å². The Balaban J connectivity index is 1.83. The fourth-order valence-electron chi connectivity index (χ4n) is 3.63. The zero-order chi connectivity index (χ0) is 16.1. The number of nitrogens with one attached hydrogen (secondary N) is 2. The molecule has 3 heterocycles. The molecule has 5 rings (SSSR count). The average Bonchev–Trinajstić information content (AvgIpc) is 2.98. The van der Waals surface area contributed by atoms with Crippen LogP contribution in [0.1, 0.15) is 22.7 Å². The maximum Gasteiger partial charge on any atom is 0.0940 e. The van der Waals surface area contributed by atoms with E-state index in [4.69, 9.17) is 0 Å². The number of aryl methyl sites for hydroxylation is 1. The second kappa shape index (κ2) is 4.96. The predicted molar refractivity (Wildman–Crippen MR) is 98.2 cm³/mol. The molecule has 2 aromatic carbocycles. The predicted octanol–water partition coefficient (Wildman–Crippen LogP) is 5.05. The molecular weight excluding hydrogens is 294 g/mol. The van der Waals surface area contributed by atoms with Crippen molar-refractivity contribution < 1.29 is 0 Å². The lowest BCUT2D eigenvalue weighted by atomic mass is 9.96. The summed E-state index contributed by atoms with van der Waals surface area (Å²) >= 11 is 0. The zero-order valence-electron chi connectivity index (χ0n) is 13.4. The van der Waals surface area contributed by atoms with Crippen LogP contribution in [-0.4, -0.2) is 9.97 Å². The Morgan fingerprint density at radius 3 is 2.71 bits per heavy atom. The summed E-state index contributed by atoms with van der Waals surface area (Å²) in [7, 11) is 0. The number of anilines is 1. The number of benzene rings is 2. The molecule has 0 saturated heterocycles. The summed E-state index contributed by atoms with van der Waals surface area (Å²) in [6.45, 7) is 2.12. The average molecular weight is 311 g/mol. The van der Waals surface area contributed by atoms with E-state index in [1.807, 2.05) is 12.3 Å². The van der Waals surface area contributed by atoms with Crippen molar-refractivity contribution >= 4 is 16.6 Å². The number of nitrogens with zero attached hydrogens (tertiary/aromatic N) is 1. The first-order valence-electron chi connectivity index (χ1n) is 8.20. The standard InChI is InChI=1S/C21H17N3/c1-13-7-9-14(10-8-13)20-16-12-23-17-5-2-4-15(19(16)17)21-18(24-20)6-3-11-22-21/h2-12,20,23-24H,1H3. The van der Waals surface area contributed by atoms with E-state index < -0.39 is 0 Å². The lowest BCUT2D eigenvalue weighted by Crippen LogP contribution is -2.11. The molecule has 4 aromatic rings. The Morgan fingerprint density at radius 2 is 1.83 bits per heavy atom. The summed E-state index contributed by atoms with van der Waals surface area (Å²) in [4.78, 5) is 8.07. The number of pyridine rings is 1. The van der Waals surface area contributed by atoms with E-state index >= 15 is 0 Å². The highest BCUT2D eigenvalue weighted by atomic mass is 15.0. The number of hydrogen-bond donors (Lipinski definition) is 2. The van der Waals surface area contributed by atoms with E-state index in [-0.39, 0.29) is 6.04 Å². The van der Waals surface area contributed by atoms with E-state index in [9.17, 15) is 0 Å². The Bertz CT molecular complexity index is 1040. The summed E-state index contributed by atoms with van der Waals surface area (Å²) in [6.07, 6.45) is 3.98. The Kier molecular flexibility index (Phi) is 2.77. The molecule has 0 saturated carbocycles. The molecule has 0 fully saturated rings. The number of aromatic amines is 1. The van der Waals surface area contributed by atoms with Crippen LogP contribution in [0.3, 0.4) is 0 Å². The van der Waals surface area contributed by atoms with Crippen LogP contribution in [0.5, 0.6) is 0 Å². The molecule has 1 atom stereocenters. The lowest BCUT2D eigenvalue weighted by Gasteiger charge is -2.19. The zero-order valence-corrected chi connectivity index (χ0v) is 13.4. The molecule has 0 aliphatic carbocycles. The minimum absolute atomic E-state index is 0.103. The molecule has 0 spiro atoms. The maximum absolute atomic E-state index is 4.65. The summed E-state index contributed by atoms with van der Waals surface area (Å²) in [5, 5.41) is 4.96. The fraction of sp³-hybridized carbons (Fsp3) is 0.0952. The van der Waals surface area contributed by atoms with Gasteiger partial charge >= 0.3 is 0 Å². The van der Waals surface area contributed by atoms with Crippen LogP contribution in [0.25, 0.3) is 22.2 Å². The number of H-pyrrole nitrogens is 1. The van der Waals surface area contributed by atoms with Gasteiger partial charge in [0, 0.05) is 34.4 Å². The summed E-state index contributed by atoms with van der Waals surface area (Å²) in [5.41, 5.74) is 8.22. The summed E-state index contributed by atoms with van der Waals surface area (Å²) in [5.74, 6) is 0. The highest BCUT2D eigenvalue weighted by molar-refractivity contribution is 6.01. The molecular formula is C21H17N3. The molecule has 0 amide bonds. The van der Waals surface area contributed by atoms with Crippen molar-refractivity contribution in [1.29, 1.82) is 0 Å². The lowest BCUT2D eigenvalue weighted by molar-refractivity contribution is 0.950. The van der Waals surface area contributed by atoms with Gasteiger partial charge in [0.25, 0.3) is 0 Å². The third kappa shape index (κ3) is 1.88. The quantitative estimate of drug-likeness (QED) is 0.516. The van der Waals surface area contributed by atoms with Gasteiger partial charge < -0.3 is 10.3 Å². The minimum Gasteiger partial charge on any atom is -0.372 e. The van der Waals surface area contributed by atoms with Crippen LogP contribution >= 0.6 is 0 Å². The first-order valence-corrected chi connectivity index (χ1v) is 8.20. The van der Waals surface area contributed by atoms with Crippen LogP contribution in [0, 0.1) is 6.92 Å². The van der Waals surface area contributed by atoms with E-state index in [1.165, 1.54) is 27.6 Å². The van der Waals surface area contributed by atoms with Gasteiger partial charge in [0.2, 0.25) is 0 Å². The van der Waals surface area contributed by atoms with Crippen molar-refractivity contribution in [1.82, 2.24) is 9.97 Å². The van der Waals surface area contributed by atoms with Gasteiger partial charge in [-0.1, -0.05) is 42.0 Å². The van der Waals surface area contributed by atoms with E-state index in [1.54, 1.807) is 0 Å². The van der Waals surface area contributed by atoms with Crippen LogP contribution in [0.15, 0.2) is 67.0 Å². The fourth-order valence-corrected chi connectivity index (χ4v) is 3.63. The second-order valence-corrected chi connectivity index (χ2v) is 6.36. The molecule has 3 nitrogen and oxygen atoms in total. The van der Waals surface area contributed by atoms with E-state index in [2.05, 4.69) is 76.9 Å². The van der Waals surface area contributed by atoms with Crippen LogP contribution in [0.4, 0.5) is 5.69 Å². The topological polar surface area (TPSA) is 40.7 Å². The molecule has 1 unspecified atom stereocenters. The molecule has 116 valence electrons. The Hall–Kier alpha value is -3.07. The molecule has 3 heteroatoms. The molecule has 1 aliphatic heterocycles. The minimum atomic E-state index is 0.103. The summed E-state index contributed by atoms with van der Waals surface area (Å²) < 4.78 is 0. The monoisotopic (exact) mass is 311 g/mol. The Labute approximate surface area is 140 Å². The number of rotatable bonds is 1. The van der Waals surface area contributed by atoms with Crippen molar-refractivity contribution in [2.24, 2.45) is 0 Å². The van der Waals surface area contributed by atoms with Crippen molar-refractivity contribution in [3.8, 4) is 11.3 Å². The maximum atomic E-state index is 4.65. The highest BCUT2D eigenvalue weighted by Gasteiger charge is 2.25. The largest absolute Gasteiger partial charge is 0.372 e. The Morgan fingerprint density at radius 1 is 0.958 bits per heavy atom. The highest BCUT2D eigenvalue weighted by Crippen LogP contribution is 2.42. The van der Waals surface area contributed by atoms with Crippen molar-refractivity contribution in [3.63, 3.8) is 0 Å². The van der Waals surface area contributed by atoms with Crippen molar-refractivity contribution in [2.45, 2.75) is 13.0 Å². The first-order chi connectivity index (χ1) is 11.8. The van der Waals surface area contributed by atoms with Gasteiger partial charge in [-0.15, -0.1) is 0 Å². The molecule has 0 bridgehead atoms. The van der Waals surface area contributed by atoms with Crippen LogP contribution in [-0.2, 0) is 0 Å². The number of fused-ring (bicyclic) bond motifs is 2. The smallest absolute Gasteiger partial charge is 0.0940 e. The van der Waals surface area contributed by atoms with Gasteiger partial charge in [0.1, 0.15) is 0 Å². The van der Waals surface area contributed by atoms with Gasteiger partial charge in [0.15, 0.2) is 0 Å². The van der Waals surface area contributed by atoms with Crippen LogP contribution in [0.2, 0.25) is 0 Å². The molecule has 2 N–H and O–H groups in total.